The quantitative estimate of drug-likeness (QED) is 0.0478. The molecule has 2 aromatic heterocycles. The summed E-state index contributed by atoms with van der Waals surface area (Å²) in [5.41, 5.74) is 4.88. The lowest BCUT2D eigenvalue weighted by molar-refractivity contribution is -0.144. The molecule has 21 heteroatoms. The van der Waals surface area contributed by atoms with Gasteiger partial charge in [0.1, 0.15) is 24.6 Å². The second-order valence-corrected chi connectivity index (χ2v) is 21.5. The number of pyridine rings is 1. The van der Waals surface area contributed by atoms with Gasteiger partial charge in [-0.05, 0) is 80.3 Å². The predicted octanol–water partition coefficient (Wildman–Crippen LogP) is 5.83. The van der Waals surface area contributed by atoms with E-state index >= 15 is 4.39 Å². The third kappa shape index (κ3) is 14.8. The van der Waals surface area contributed by atoms with Gasteiger partial charge in [-0.1, -0.05) is 51.1 Å². The number of hydrogen-bond donors (Lipinski definition) is 6. The molecule has 7 rings (SSSR count). The second-order valence-electron chi connectivity index (χ2n) is 20.7. The SMILES string of the molecule is Cc1ncsc1-c1ccc(CNC(=O)[C@@H]2C[C@@H](O)CN2C(=O)[C@@H](NC(=O)CCOCCOCCNC(=O)c2ccc(F)c(-c3ccc(N4C[C@@H](C)N(C)[C@@H](C)C4)c(NC(=O)c4c[nH]c(=O)cc4CF)c3)c2)C(C)(C)C)cc1. The highest BCUT2D eigenvalue weighted by atomic mass is 32.1. The first-order valence-electron chi connectivity index (χ1n) is 25.7. The summed E-state index contributed by atoms with van der Waals surface area (Å²) in [5.74, 6) is -3.05. The molecule has 77 heavy (non-hydrogen) atoms. The summed E-state index contributed by atoms with van der Waals surface area (Å²) in [6, 6.07) is 16.3. The first kappa shape index (κ1) is 57.8. The smallest absolute Gasteiger partial charge is 0.257 e. The van der Waals surface area contributed by atoms with Gasteiger partial charge in [0.2, 0.25) is 23.3 Å². The molecular weight excluding hydrogens is 1010 g/mol. The van der Waals surface area contributed by atoms with Crippen molar-refractivity contribution in [3.05, 3.63) is 123 Å². The Balaban J connectivity index is 0.860. The van der Waals surface area contributed by atoms with E-state index in [1.54, 1.807) is 35.0 Å². The van der Waals surface area contributed by atoms with Crippen LogP contribution in [-0.2, 0) is 37.1 Å². The van der Waals surface area contributed by atoms with Gasteiger partial charge in [-0.2, -0.15) is 0 Å². The highest BCUT2D eigenvalue weighted by Crippen LogP contribution is 2.36. The highest BCUT2D eigenvalue weighted by Gasteiger charge is 2.44. The molecule has 4 heterocycles. The summed E-state index contributed by atoms with van der Waals surface area (Å²) in [6.07, 6.45) is 0.262. The number of ether oxygens (including phenoxy) is 2. The van der Waals surface area contributed by atoms with Crippen LogP contribution in [-0.4, -0.2) is 144 Å². The Morgan fingerprint density at radius 3 is 2.27 bits per heavy atom. The van der Waals surface area contributed by atoms with Crippen LogP contribution in [0.25, 0.3) is 21.6 Å². The van der Waals surface area contributed by atoms with Crippen molar-refractivity contribution in [2.75, 3.05) is 69.9 Å². The summed E-state index contributed by atoms with van der Waals surface area (Å²) < 4.78 is 40.8. The van der Waals surface area contributed by atoms with Crippen molar-refractivity contribution in [2.45, 2.75) is 97.9 Å². The number of halogens is 2. The fraction of sp³-hybridized carbons (Fsp3) is 0.446. The normalized spacial score (nSPS) is 18.2. The summed E-state index contributed by atoms with van der Waals surface area (Å²) in [6.45, 7) is 12.5. The lowest BCUT2D eigenvalue weighted by Gasteiger charge is -2.44. The number of alkyl halides is 1. The molecule has 0 radical (unpaired) electrons. The molecule has 2 aliphatic rings. The Hall–Kier alpha value is -6.91. The van der Waals surface area contributed by atoms with E-state index < -0.39 is 71.2 Å². The van der Waals surface area contributed by atoms with Crippen LogP contribution < -0.4 is 31.7 Å². The summed E-state index contributed by atoms with van der Waals surface area (Å²) in [5, 5.41) is 22.0. The number of rotatable bonds is 21. The number of nitrogens with zero attached hydrogens (tertiary/aromatic N) is 4. The molecule has 18 nitrogen and oxygen atoms in total. The molecular formula is C56H69F2N9O9S. The number of aryl methyl sites for hydroxylation is 1. The van der Waals surface area contributed by atoms with Crippen molar-refractivity contribution < 1.29 is 47.3 Å². The molecule has 6 N–H and O–H groups in total. The third-order valence-electron chi connectivity index (χ3n) is 14.0. The molecule has 5 aromatic rings. The number of H-pyrrole nitrogens is 1. The van der Waals surface area contributed by atoms with Crippen molar-refractivity contribution in [1.29, 1.82) is 0 Å². The molecule has 412 valence electrons. The minimum absolute atomic E-state index is 0.0299. The Labute approximate surface area is 450 Å². The minimum Gasteiger partial charge on any atom is -0.391 e. The van der Waals surface area contributed by atoms with Crippen LogP contribution in [0.2, 0.25) is 0 Å². The van der Waals surface area contributed by atoms with Crippen LogP contribution in [0.5, 0.6) is 0 Å². The predicted molar refractivity (Wildman–Crippen MR) is 291 cm³/mol. The van der Waals surface area contributed by atoms with E-state index in [2.05, 4.69) is 54.9 Å². The van der Waals surface area contributed by atoms with E-state index in [1.165, 1.54) is 23.1 Å². The van der Waals surface area contributed by atoms with E-state index in [4.69, 9.17) is 9.47 Å². The van der Waals surface area contributed by atoms with E-state index in [-0.39, 0.29) is 93.2 Å². The number of anilines is 2. The number of thiazole rings is 1. The van der Waals surface area contributed by atoms with Crippen molar-refractivity contribution in [3.8, 4) is 21.6 Å². The molecule has 0 spiro atoms. The average Bonchev–Trinajstić information content (AvgIpc) is 4.04. The topological polar surface area (TPSA) is 228 Å². The number of carbonyl (C=O) groups is 5. The number of likely N-dealkylation sites (tertiary alicyclic amines) is 1. The van der Waals surface area contributed by atoms with E-state index in [0.29, 0.717) is 30.0 Å². The van der Waals surface area contributed by atoms with E-state index in [0.717, 1.165) is 34.0 Å². The first-order chi connectivity index (χ1) is 36.7. The zero-order valence-electron chi connectivity index (χ0n) is 44.5. The van der Waals surface area contributed by atoms with Crippen molar-refractivity contribution in [1.82, 2.24) is 35.7 Å². The van der Waals surface area contributed by atoms with Crippen molar-refractivity contribution in [2.24, 2.45) is 5.41 Å². The van der Waals surface area contributed by atoms with Crippen molar-refractivity contribution >= 4 is 52.2 Å². The maximum absolute atomic E-state index is 15.6. The molecule has 5 amide bonds. The number of nitrogens with one attached hydrogen (secondary N) is 5. The van der Waals surface area contributed by atoms with Gasteiger partial charge in [0.05, 0.1) is 65.6 Å². The lowest BCUT2D eigenvalue weighted by atomic mass is 9.85. The van der Waals surface area contributed by atoms with E-state index in [1.807, 2.05) is 59.0 Å². The van der Waals surface area contributed by atoms with Crippen LogP contribution in [0.1, 0.15) is 85.0 Å². The molecule has 0 saturated carbocycles. The lowest BCUT2D eigenvalue weighted by Crippen LogP contribution is -2.57. The van der Waals surface area contributed by atoms with Crippen LogP contribution in [0.4, 0.5) is 20.2 Å². The van der Waals surface area contributed by atoms with Gasteiger partial charge in [-0.15, -0.1) is 11.3 Å². The summed E-state index contributed by atoms with van der Waals surface area (Å²) >= 11 is 1.56. The Bertz CT molecular complexity index is 2950. The zero-order valence-corrected chi connectivity index (χ0v) is 45.4. The van der Waals surface area contributed by atoms with E-state index in [9.17, 15) is 38.3 Å². The first-order valence-corrected chi connectivity index (χ1v) is 26.6. The fourth-order valence-corrected chi connectivity index (χ4v) is 10.2. The van der Waals surface area contributed by atoms with Crippen molar-refractivity contribution in [3.63, 3.8) is 0 Å². The molecule has 0 aliphatic carbocycles. The number of aromatic nitrogens is 2. The number of carbonyl (C=O) groups excluding carboxylic acids is 5. The Morgan fingerprint density at radius 1 is 0.896 bits per heavy atom. The monoisotopic (exact) mass is 1080 g/mol. The molecule has 5 atom stereocenters. The van der Waals surface area contributed by atoms with Crippen LogP contribution in [0.15, 0.2) is 83.2 Å². The number of β-amino-alcohol motifs (C(OH)–C–C–N with tert-alkyl or cyclic N) is 1. The zero-order chi connectivity index (χ0) is 55.6. The Kier molecular flexibility index (Phi) is 19.5. The van der Waals surface area contributed by atoms with Crippen LogP contribution >= 0.6 is 11.3 Å². The molecule has 3 aromatic carbocycles. The second kappa shape index (κ2) is 26.0. The third-order valence-corrected chi connectivity index (χ3v) is 14.9. The number of amides is 5. The molecule has 2 saturated heterocycles. The van der Waals surface area contributed by atoms with Gasteiger partial charge >= 0.3 is 0 Å². The fourth-order valence-electron chi connectivity index (χ4n) is 9.43. The van der Waals surface area contributed by atoms with Gasteiger partial charge in [-0.25, -0.2) is 13.8 Å². The van der Waals surface area contributed by atoms with Gasteiger partial charge < -0.3 is 50.6 Å². The summed E-state index contributed by atoms with van der Waals surface area (Å²) in [7, 11) is 2.05. The van der Waals surface area contributed by atoms with Crippen LogP contribution in [0.3, 0.4) is 0 Å². The largest absolute Gasteiger partial charge is 0.391 e. The molecule has 0 unspecified atom stereocenters. The number of aromatic amines is 1. The standard InChI is InChI=1S/C56H69F2N9O9S/c1-33-29-66(30-34(2)65(33)7)46-15-13-38(23-45(46)63-53(72)43-28-60-49(70)24-40(43)26-57)42-22-39(12-14-44(42)58)52(71)59-17-19-76-21-20-75-18-16-48(69)64-51(56(4,5)6)55(74)67-31-41(68)25-47(67)54(73)61-27-36-8-10-37(11-9-36)50-35(3)62-32-77-50/h8-15,22-24,28,32-34,41,47,51,68H,16-21,25-27,29-31H2,1-7H3,(H,59,71)(H,60,70)(H,61,73)(H,63,72)(H,64,69)/t33-,34+,41-,47+,51-/m1/s1. The maximum atomic E-state index is 15.6. The van der Waals surface area contributed by atoms with Gasteiger partial charge in [-0.3, -0.25) is 33.7 Å². The Morgan fingerprint density at radius 2 is 1.60 bits per heavy atom. The maximum Gasteiger partial charge on any atom is 0.257 e. The minimum atomic E-state index is -1.03. The van der Waals surface area contributed by atoms with Gasteiger partial charge in [0.15, 0.2) is 0 Å². The van der Waals surface area contributed by atoms with Gasteiger partial charge in [0.25, 0.3) is 11.8 Å². The summed E-state index contributed by atoms with van der Waals surface area (Å²) in [4.78, 5) is 93.0. The number of hydrogen-bond acceptors (Lipinski definition) is 13. The number of aliphatic hydroxyl groups is 1. The van der Waals surface area contributed by atoms with Gasteiger partial charge in [0, 0.05) is 86.6 Å². The highest BCUT2D eigenvalue weighted by molar-refractivity contribution is 7.13. The average molecular weight is 1080 g/mol. The number of benzene rings is 3. The number of piperazine rings is 1. The number of aliphatic hydroxyl groups excluding tert-OH is 1. The molecule has 2 fully saturated rings. The number of likely N-dealkylation sites (N-methyl/N-ethyl adjacent to an activating group) is 1. The van der Waals surface area contributed by atoms with Crippen LogP contribution in [0, 0.1) is 18.2 Å². The molecule has 2 aliphatic heterocycles. The molecule has 0 bridgehead atoms.